The van der Waals surface area contributed by atoms with E-state index in [1.165, 1.54) is 0 Å². The monoisotopic (exact) mass is 300 g/mol. The van der Waals surface area contributed by atoms with E-state index in [-0.39, 0.29) is 18.4 Å². The molecule has 0 unspecified atom stereocenters. The van der Waals surface area contributed by atoms with E-state index >= 15 is 0 Å². The third kappa shape index (κ3) is 2.54. The number of amides is 2. The first-order valence-corrected chi connectivity index (χ1v) is 6.76. The van der Waals surface area contributed by atoms with Gasteiger partial charge in [-0.3, -0.25) is 9.59 Å². The lowest BCUT2D eigenvalue weighted by Gasteiger charge is -2.44. The molecule has 4 nitrogen and oxygen atoms in total. The van der Waals surface area contributed by atoms with Gasteiger partial charge >= 0.3 is 0 Å². The normalized spacial score (nSPS) is 23.7. The number of carbonyl (C=O) groups is 2. The van der Waals surface area contributed by atoms with Gasteiger partial charge in [0.25, 0.3) is 0 Å². The second-order valence-corrected chi connectivity index (χ2v) is 5.99. The molecule has 1 aliphatic heterocycles. The smallest absolute Gasteiger partial charge is 0.249 e. The first-order valence-electron chi connectivity index (χ1n) is 5.97. The molecule has 0 aromatic carbocycles. The SMILES string of the molecule is C=C(Br)CN1CC(=O)NC2(CCCCC2)C1=O. The summed E-state index contributed by atoms with van der Waals surface area (Å²) in [6, 6.07) is 0. The zero-order valence-electron chi connectivity index (χ0n) is 9.80. The zero-order valence-corrected chi connectivity index (χ0v) is 11.4. The van der Waals surface area contributed by atoms with Gasteiger partial charge in [0.05, 0.1) is 13.1 Å². The van der Waals surface area contributed by atoms with Gasteiger partial charge in [0.2, 0.25) is 11.8 Å². The molecule has 17 heavy (non-hydrogen) atoms. The van der Waals surface area contributed by atoms with E-state index in [1.807, 2.05) is 0 Å². The molecule has 2 rings (SSSR count). The van der Waals surface area contributed by atoms with Crippen LogP contribution in [-0.4, -0.2) is 35.3 Å². The van der Waals surface area contributed by atoms with Crippen molar-refractivity contribution in [3.63, 3.8) is 0 Å². The molecule has 1 N–H and O–H groups in total. The van der Waals surface area contributed by atoms with Crippen molar-refractivity contribution >= 4 is 27.7 Å². The van der Waals surface area contributed by atoms with E-state index < -0.39 is 5.54 Å². The summed E-state index contributed by atoms with van der Waals surface area (Å²) in [6.07, 6.45) is 4.70. The maximum atomic E-state index is 12.4. The lowest BCUT2D eigenvalue weighted by molar-refractivity contribution is -0.150. The van der Waals surface area contributed by atoms with Crippen molar-refractivity contribution in [2.45, 2.75) is 37.6 Å². The van der Waals surface area contributed by atoms with Crippen LogP contribution in [-0.2, 0) is 9.59 Å². The Balaban J connectivity index is 2.18. The van der Waals surface area contributed by atoms with E-state index in [1.54, 1.807) is 4.90 Å². The summed E-state index contributed by atoms with van der Waals surface area (Å²) < 4.78 is 0.728. The third-order valence-corrected chi connectivity index (χ3v) is 3.73. The van der Waals surface area contributed by atoms with Crippen LogP contribution in [0.25, 0.3) is 0 Å². The van der Waals surface area contributed by atoms with E-state index in [0.29, 0.717) is 6.54 Å². The third-order valence-electron chi connectivity index (χ3n) is 3.48. The minimum absolute atomic E-state index is 0.0531. The maximum Gasteiger partial charge on any atom is 0.249 e. The Morgan fingerprint density at radius 2 is 2.00 bits per heavy atom. The number of nitrogens with zero attached hydrogens (tertiary/aromatic N) is 1. The number of hydrogen-bond acceptors (Lipinski definition) is 2. The lowest BCUT2D eigenvalue weighted by Crippen LogP contribution is -2.67. The van der Waals surface area contributed by atoms with E-state index in [4.69, 9.17) is 0 Å². The van der Waals surface area contributed by atoms with Crippen molar-refractivity contribution in [1.82, 2.24) is 10.2 Å². The van der Waals surface area contributed by atoms with E-state index in [2.05, 4.69) is 27.8 Å². The van der Waals surface area contributed by atoms with Crippen LogP contribution in [0.2, 0.25) is 0 Å². The van der Waals surface area contributed by atoms with Crippen LogP contribution in [0, 0.1) is 0 Å². The van der Waals surface area contributed by atoms with Crippen LogP contribution >= 0.6 is 15.9 Å². The highest BCUT2D eigenvalue weighted by molar-refractivity contribution is 9.11. The summed E-state index contributed by atoms with van der Waals surface area (Å²) in [5, 5.41) is 2.91. The maximum absolute atomic E-state index is 12.4. The summed E-state index contributed by atoms with van der Waals surface area (Å²) >= 11 is 3.25. The lowest BCUT2D eigenvalue weighted by atomic mass is 9.79. The van der Waals surface area contributed by atoms with Gasteiger partial charge in [-0.25, -0.2) is 0 Å². The molecule has 1 heterocycles. The van der Waals surface area contributed by atoms with Gasteiger partial charge in [0.1, 0.15) is 5.54 Å². The minimum Gasteiger partial charge on any atom is -0.340 e. The predicted octanol–water partition coefficient (Wildman–Crippen LogP) is 1.56. The molecule has 0 aromatic heterocycles. The molecular formula is C12H17BrN2O2. The second kappa shape index (κ2) is 4.80. The Morgan fingerprint density at radius 3 is 2.59 bits per heavy atom. The van der Waals surface area contributed by atoms with Crippen LogP contribution in [0.15, 0.2) is 11.1 Å². The van der Waals surface area contributed by atoms with E-state index in [9.17, 15) is 9.59 Å². The highest BCUT2D eigenvalue weighted by Gasteiger charge is 2.46. The topological polar surface area (TPSA) is 49.4 Å². The Hall–Kier alpha value is -0.840. The predicted molar refractivity (Wildman–Crippen MR) is 68.6 cm³/mol. The van der Waals surface area contributed by atoms with Crippen LogP contribution in [0.5, 0.6) is 0 Å². The first-order chi connectivity index (χ1) is 8.03. The summed E-state index contributed by atoms with van der Waals surface area (Å²) in [6.45, 7) is 4.29. The molecule has 1 saturated carbocycles. The van der Waals surface area contributed by atoms with Crippen LogP contribution in [0.1, 0.15) is 32.1 Å². The molecule has 0 radical (unpaired) electrons. The fraction of sp³-hybridized carbons (Fsp3) is 0.667. The molecule has 2 aliphatic rings. The van der Waals surface area contributed by atoms with Gasteiger partial charge in [-0.15, -0.1) is 0 Å². The summed E-state index contributed by atoms with van der Waals surface area (Å²) in [7, 11) is 0. The van der Waals surface area contributed by atoms with Gasteiger partial charge in [-0.1, -0.05) is 41.8 Å². The Bertz CT molecular complexity index is 360. The number of halogens is 1. The number of rotatable bonds is 2. The Kier molecular flexibility index (Phi) is 3.56. The van der Waals surface area contributed by atoms with Crippen LogP contribution in [0.3, 0.4) is 0 Å². The van der Waals surface area contributed by atoms with Crippen LogP contribution in [0.4, 0.5) is 0 Å². The van der Waals surface area contributed by atoms with Crippen molar-refractivity contribution in [2.24, 2.45) is 0 Å². The average molecular weight is 301 g/mol. The summed E-state index contributed by atoms with van der Waals surface area (Å²) in [5.74, 6) is -0.00218. The average Bonchev–Trinajstić information content (AvgIpc) is 2.26. The Morgan fingerprint density at radius 1 is 1.35 bits per heavy atom. The second-order valence-electron chi connectivity index (χ2n) is 4.87. The number of nitrogens with one attached hydrogen (secondary N) is 1. The molecule has 2 amide bonds. The molecule has 0 atom stereocenters. The fourth-order valence-electron chi connectivity index (χ4n) is 2.74. The van der Waals surface area contributed by atoms with Crippen molar-refractivity contribution in [1.29, 1.82) is 0 Å². The van der Waals surface area contributed by atoms with Gasteiger partial charge < -0.3 is 10.2 Å². The van der Waals surface area contributed by atoms with Crippen LogP contribution < -0.4 is 5.32 Å². The number of hydrogen-bond donors (Lipinski definition) is 1. The molecule has 0 bridgehead atoms. The molecule has 2 fully saturated rings. The van der Waals surface area contributed by atoms with Gasteiger partial charge in [-0.2, -0.15) is 0 Å². The van der Waals surface area contributed by atoms with Gasteiger partial charge in [0, 0.05) is 4.48 Å². The highest BCUT2D eigenvalue weighted by Crippen LogP contribution is 2.32. The molecule has 0 aromatic rings. The molecule has 1 aliphatic carbocycles. The quantitative estimate of drug-likeness (QED) is 0.841. The molecule has 1 saturated heterocycles. The van der Waals surface area contributed by atoms with E-state index in [0.717, 1.165) is 36.6 Å². The Labute approximate surface area is 110 Å². The van der Waals surface area contributed by atoms with Crippen molar-refractivity contribution in [3.05, 3.63) is 11.1 Å². The molecule has 94 valence electrons. The molecular weight excluding hydrogens is 284 g/mol. The fourth-order valence-corrected chi connectivity index (χ4v) is 3.04. The molecule has 1 spiro atoms. The van der Waals surface area contributed by atoms with Gasteiger partial charge in [0.15, 0.2) is 0 Å². The highest BCUT2D eigenvalue weighted by atomic mass is 79.9. The minimum atomic E-state index is -0.629. The van der Waals surface area contributed by atoms with Gasteiger partial charge in [-0.05, 0) is 12.8 Å². The zero-order chi connectivity index (χ0) is 12.5. The van der Waals surface area contributed by atoms with Crippen molar-refractivity contribution < 1.29 is 9.59 Å². The molecule has 5 heteroatoms. The summed E-state index contributed by atoms with van der Waals surface area (Å²) in [5.41, 5.74) is -0.629. The standard InChI is InChI=1S/C12H17BrN2O2/c1-9(13)7-15-8-10(16)14-12(11(15)17)5-3-2-4-6-12/h1-8H2,(H,14,16). The first kappa shape index (κ1) is 12.6. The number of carbonyl (C=O) groups excluding carboxylic acids is 2. The van der Waals surface area contributed by atoms with Crippen molar-refractivity contribution in [2.75, 3.05) is 13.1 Å². The van der Waals surface area contributed by atoms with Crippen molar-refractivity contribution in [3.8, 4) is 0 Å². The largest absolute Gasteiger partial charge is 0.340 e. The number of piperazine rings is 1. The summed E-state index contributed by atoms with van der Waals surface area (Å²) in [4.78, 5) is 25.8.